The zero-order chi connectivity index (χ0) is 13.8. The minimum atomic E-state index is -3.41. The molecular formula is C8H11N3O6S. The number of carbonyl (C=O) groups is 2. The second-order valence-corrected chi connectivity index (χ2v) is 5.21. The van der Waals surface area contributed by atoms with Crippen molar-refractivity contribution in [3.8, 4) is 0 Å². The Bertz CT molecular complexity index is 549. The van der Waals surface area contributed by atoms with E-state index in [0.717, 1.165) is 6.07 Å². The lowest BCUT2D eigenvalue weighted by Crippen LogP contribution is -2.33. The second-order valence-electron chi connectivity index (χ2n) is 3.16. The van der Waals surface area contributed by atoms with E-state index < -0.39 is 27.7 Å². The first-order valence-electron chi connectivity index (χ1n) is 4.75. The largest absolute Gasteiger partial charge is 0.475 e. The molecule has 1 aromatic heterocycles. The molecule has 0 aliphatic rings. The first-order chi connectivity index (χ1) is 8.35. The van der Waals surface area contributed by atoms with Crippen LogP contribution in [0.4, 0.5) is 0 Å². The van der Waals surface area contributed by atoms with Crippen LogP contribution in [0.5, 0.6) is 0 Å². The topological polar surface area (TPSA) is 139 Å². The van der Waals surface area contributed by atoms with E-state index in [0.29, 0.717) is 0 Å². The van der Waals surface area contributed by atoms with Crippen LogP contribution in [0.2, 0.25) is 0 Å². The van der Waals surface area contributed by atoms with Crippen molar-refractivity contribution in [1.29, 1.82) is 0 Å². The predicted octanol–water partition coefficient (Wildman–Crippen LogP) is -1.35. The van der Waals surface area contributed by atoms with Gasteiger partial charge in [0.2, 0.25) is 15.8 Å². The van der Waals surface area contributed by atoms with Gasteiger partial charge < -0.3 is 14.9 Å². The summed E-state index contributed by atoms with van der Waals surface area (Å²) in [5, 5.41) is 14.0. The number of aromatic nitrogens is 1. The Balaban J connectivity index is 2.53. The summed E-state index contributed by atoms with van der Waals surface area (Å²) >= 11 is 0. The maximum absolute atomic E-state index is 11.4. The van der Waals surface area contributed by atoms with Crippen molar-refractivity contribution in [2.75, 3.05) is 19.3 Å². The lowest BCUT2D eigenvalue weighted by molar-refractivity contribution is 0.0651. The van der Waals surface area contributed by atoms with Gasteiger partial charge in [-0.1, -0.05) is 5.16 Å². The maximum Gasteiger partial charge on any atom is 0.374 e. The van der Waals surface area contributed by atoms with E-state index in [-0.39, 0.29) is 18.0 Å². The highest BCUT2D eigenvalue weighted by Crippen LogP contribution is 2.02. The number of nitrogens with zero attached hydrogens (tertiary/aromatic N) is 1. The van der Waals surface area contributed by atoms with Gasteiger partial charge in [0.25, 0.3) is 5.91 Å². The molecule has 0 aliphatic carbocycles. The SMILES string of the molecule is CNS(=O)(=O)CCNC(=O)c1cc(C(=O)O)on1. The lowest BCUT2D eigenvalue weighted by atomic mass is 10.3. The fraction of sp³-hybridized carbons (Fsp3) is 0.375. The molecule has 0 atom stereocenters. The maximum atomic E-state index is 11.4. The van der Waals surface area contributed by atoms with Crippen molar-refractivity contribution in [2.45, 2.75) is 0 Å². The van der Waals surface area contributed by atoms with E-state index in [1.165, 1.54) is 7.05 Å². The molecule has 0 spiro atoms. The number of amides is 1. The highest BCUT2D eigenvalue weighted by Gasteiger charge is 2.16. The number of rotatable bonds is 6. The van der Waals surface area contributed by atoms with E-state index in [4.69, 9.17) is 5.11 Å². The number of carbonyl (C=O) groups excluding carboxylic acids is 1. The number of carboxylic acids is 1. The Morgan fingerprint density at radius 3 is 2.67 bits per heavy atom. The van der Waals surface area contributed by atoms with Gasteiger partial charge >= 0.3 is 5.97 Å². The molecule has 10 heteroatoms. The molecule has 9 nitrogen and oxygen atoms in total. The summed E-state index contributed by atoms with van der Waals surface area (Å²) < 4.78 is 28.5. The molecule has 0 fully saturated rings. The average molecular weight is 277 g/mol. The average Bonchev–Trinajstić information content (AvgIpc) is 2.78. The van der Waals surface area contributed by atoms with Crippen LogP contribution in [-0.4, -0.2) is 49.9 Å². The predicted molar refractivity (Wildman–Crippen MR) is 58.6 cm³/mol. The summed E-state index contributed by atoms with van der Waals surface area (Å²) in [7, 11) is -2.15. The Morgan fingerprint density at radius 2 is 2.17 bits per heavy atom. The molecule has 0 saturated carbocycles. The second kappa shape index (κ2) is 5.60. The van der Waals surface area contributed by atoms with Crippen LogP contribution in [0.1, 0.15) is 21.0 Å². The molecule has 0 saturated heterocycles. The van der Waals surface area contributed by atoms with Crippen molar-refractivity contribution < 1.29 is 27.6 Å². The summed E-state index contributed by atoms with van der Waals surface area (Å²) in [6.07, 6.45) is 0. The zero-order valence-corrected chi connectivity index (χ0v) is 10.2. The first kappa shape index (κ1) is 14.1. The summed E-state index contributed by atoms with van der Waals surface area (Å²) in [5.41, 5.74) is -0.228. The molecule has 1 aromatic rings. The van der Waals surface area contributed by atoms with Crippen molar-refractivity contribution in [1.82, 2.24) is 15.2 Å². The van der Waals surface area contributed by atoms with Crippen LogP contribution in [0.15, 0.2) is 10.6 Å². The molecule has 0 unspecified atom stereocenters. The van der Waals surface area contributed by atoms with Gasteiger partial charge in [-0.3, -0.25) is 4.79 Å². The van der Waals surface area contributed by atoms with Gasteiger partial charge in [-0.2, -0.15) is 0 Å². The molecule has 1 amide bonds. The van der Waals surface area contributed by atoms with Gasteiger partial charge in [-0.15, -0.1) is 0 Å². The Morgan fingerprint density at radius 1 is 1.50 bits per heavy atom. The van der Waals surface area contributed by atoms with Crippen molar-refractivity contribution in [2.24, 2.45) is 0 Å². The molecule has 0 aliphatic heterocycles. The standard InChI is InChI=1S/C8H11N3O6S/c1-9-18(15,16)3-2-10-7(12)5-4-6(8(13)14)17-11-5/h4,9H,2-3H2,1H3,(H,10,12)(H,13,14). The number of hydrogen-bond acceptors (Lipinski definition) is 6. The fourth-order valence-corrected chi connectivity index (χ4v) is 1.55. The van der Waals surface area contributed by atoms with Gasteiger partial charge in [0.1, 0.15) is 0 Å². The molecule has 0 bridgehead atoms. The Labute approximate surface area is 102 Å². The third-order valence-corrected chi connectivity index (χ3v) is 3.28. The van der Waals surface area contributed by atoms with Crippen LogP contribution in [-0.2, 0) is 10.0 Å². The molecular weight excluding hydrogens is 266 g/mol. The van der Waals surface area contributed by atoms with E-state index in [1.54, 1.807) is 0 Å². The van der Waals surface area contributed by atoms with Crippen LogP contribution in [0, 0.1) is 0 Å². The molecule has 18 heavy (non-hydrogen) atoms. The summed E-state index contributed by atoms with van der Waals surface area (Å²) in [5.74, 6) is -2.82. The van der Waals surface area contributed by atoms with Crippen LogP contribution in [0.25, 0.3) is 0 Å². The van der Waals surface area contributed by atoms with Crippen molar-refractivity contribution >= 4 is 21.9 Å². The van der Waals surface area contributed by atoms with Gasteiger partial charge in [-0.25, -0.2) is 17.9 Å². The quantitative estimate of drug-likeness (QED) is 0.584. The summed E-state index contributed by atoms with van der Waals surface area (Å²) in [6, 6.07) is 0.949. The summed E-state index contributed by atoms with van der Waals surface area (Å²) in [4.78, 5) is 21.9. The highest BCUT2D eigenvalue weighted by atomic mass is 32.2. The first-order valence-corrected chi connectivity index (χ1v) is 6.40. The minimum Gasteiger partial charge on any atom is -0.475 e. The van der Waals surface area contributed by atoms with E-state index in [9.17, 15) is 18.0 Å². The molecule has 100 valence electrons. The normalized spacial score (nSPS) is 11.2. The van der Waals surface area contributed by atoms with Crippen LogP contribution in [0.3, 0.4) is 0 Å². The lowest BCUT2D eigenvalue weighted by Gasteiger charge is -2.03. The van der Waals surface area contributed by atoms with E-state index >= 15 is 0 Å². The molecule has 3 N–H and O–H groups in total. The van der Waals surface area contributed by atoms with Crippen LogP contribution >= 0.6 is 0 Å². The van der Waals surface area contributed by atoms with Gasteiger partial charge in [0.05, 0.1) is 5.75 Å². The summed E-state index contributed by atoms with van der Waals surface area (Å²) in [6.45, 7) is -0.128. The van der Waals surface area contributed by atoms with Gasteiger partial charge in [-0.05, 0) is 7.05 Å². The molecule has 0 aromatic carbocycles. The number of carboxylic acid groups (broad SMARTS) is 1. The smallest absolute Gasteiger partial charge is 0.374 e. The third-order valence-electron chi connectivity index (χ3n) is 1.92. The Hall–Kier alpha value is -1.94. The monoisotopic (exact) mass is 277 g/mol. The van der Waals surface area contributed by atoms with E-state index in [2.05, 4.69) is 19.7 Å². The number of aromatic carboxylic acids is 1. The highest BCUT2D eigenvalue weighted by molar-refractivity contribution is 7.89. The van der Waals surface area contributed by atoms with Gasteiger partial charge in [0.15, 0.2) is 5.69 Å². The van der Waals surface area contributed by atoms with Crippen molar-refractivity contribution in [3.05, 3.63) is 17.5 Å². The fourth-order valence-electron chi connectivity index (χ4n) is 0.975. The molecule has 1 heterocycles. The van der Waals surface area contributed by atoms with Crippen molar-refractivity contribution in [3.63, 3.8) is 0 Å². The van der Waals surface area contributed by atoms with Crippen LogP contribution < -0.4 is 10.0 Å². The zero-order valence-electron chi connectivity index (χ0n) is 9.34. The van der Waals surface area contributed by atoms with E-state index in [1.807, 2.05) is 0 Å². The number of hydrogen-bond donors (Lipinski definition) is 3. The molecule has 1 rings (SSSR count). The number of nitrogens with one attached hydrogen (secondary N) is 2. The minimum absolute atomic E-state index is 0.128. The third kappa shape index (κ3) is 3.82. The Kier molecular flexibility index (Phi) is 4.39. The molecule has 0 radical (unpaired) electrons. The number of sulfonamides is 1. The van der Waals surface area contributed by atoms with Gasteiger partial charge in [0, 0.05) is 12.6 Å².